The quantitative estimate of drug-likeness (QED) is 0.835. The lowest BCUT2D eigenvalue weighted by atomic mass is 10.0. The summed E-state index contributed by atoms with van der Waals surface area (Å²) in [5.41, 5.74) is 0. The number of halogens is 1. The molecule has 16 heavy (non-hydrogen) atoms. The zero-order valence-corrected chi connectivity index (χ0v) is 11.2. The van der Waals surface area contributed by atoms with Crippen molar-refractivity contribution in [2.24, 2.45) is 5.92 Å². The van der Waals surface area contributed by atoms with Gasteiger partial charge in [0.05, 0.1) is 0 Å². The minimum atomic E-state index is 0.0156. The molecule has 1 aliphatic rings. The molecule has 1 atom stereocenters. The zero-order valence-electron chi connectivity index (χ0n) is 9.57. The van der Waals surface area contributed by atoms with Gasteiger partial charge in [-0.2, -0.15) is 0 Å². The van der Waals surface area contributed by atoms with Crippen LogP contribution in [0.4, 0.5) is 0 Å². The average molecular weight is 286 g/mol. The number of carbonyl (C=O) groups excluding carboxylic acids is 1. The molecule has 1 unspecified atom stereocenters. The molecule has 2 rings (SSSR count). The first-order valence-electron chi connectivity index (χ1n) is 5.66. The Morgan fingerprint density at radius 1 is 1.56 bits per heavy atom. The Balaban J connectivity index is 2.15. The van der Waals surface area contributed by atoms with Gasteiger partial charge in [0.1, 0.15) is 0 Å². The largest absolute Gasteiger partial charge is 0.444 e. The van der Waals surface area contributed by atoms with Gasteiger partial charge in [0.2, 0.25) is 0 Å². The minimum absolute atomic E-state index is 0.0156. The Kier molecular flexibility index (Phi) is 3.38. The maximum atomic E-state index is 12.2. The van der Waals surface area contributed by atoms with E-state index in [1.165, 1.54) is 0 Å². The summed E-state index contributed by atoms with van der Waals surface area (Å²) in [6, 6.07) is 3.84. The Hall–Kier alpha value is -0.770. The smallest absolute Gasteiger partial charge is 0.289 e. The van der Waals surface area contributed by atoms with E-state index in [0.29, 0.717) is 22.4 Å². The van der Waals surface area contributed by atoms with Gasteiger partial charge in [0.25, 0.3) is 5.91 Å². The fraction of sp³-hybridized carbons (Fsp3) is 0.583. The molecule has 4 heteroatoms. The van der Waals surface area contributed by atoms with E-state index in [1.807, 2.05) is 4.90 Å². The molecule has 3 nitrogen and oxygen atoms in total. The van der Waals surface area contributed by atoms with Gasteiger partial charge in [-0.15, -0.1) is 0 Å². The summed E-state index contributed by atoms with van der Waals surface area (Å²) in [5, 5.41) is 0. The first-order chi connectivity index (χ1) is 7.59. The number of hydrogen-bond acceptors (Lipinski definition) is 2. The number of nitrogens with zero attached hydrogens (tertiary/aromatic N) is 1. The maximum Gasteiger partial charge on any atom is 0.289 e. The van der Waals surface area contributed by atoms with Crippen LogP contribution in [-0.4, -0.2) is 23.4 Å². The normalized spacial score (nSPS) is 20.8. The predicted octanol–water partition coefficient (Wildman–Crippen LogP) is 3.30. The summed E-state index contributed by atoms with van der Waals surface area (Å²) in [7, 11) is 0. The first-order valence-corrected chi connectivity index (χ1v) is 6.45. The predicted molar refractivity (Wildman–Crippen MR) is 65.3 cm³/mol. The topological polar surface area (TPSA) is 33.5 Å². The molecule has 0 spiro atoms. The van der Waals surface area contributed by atoms with Gasteiger partial charge in [-0.25, -0.2) is 0 Å². The van der Waals surface area contributed by atoms with E-state index >= 15 is 0 Å². The summed E-state index contributed by atoms with van der Waals surface area (Å²) in [6.07, 6.45) is 2.20. The van der Waals surface area contributed by atoms with Gasteiger partial charge in [0.15, 0.2) is 10.4 Å². The van der Waals surface area contributed by atoms with Gasteiger partial charge in [-0.05, 0) is 46.8 Å². The van der Waals surface area contributed by atoms with Crippen LogP contribution in [0, 0.1) is 5.92 Å². The van der Waals surface area contributed by atoms with Crippen LogP contribution in [0.2, 0.25) is 0 Å². The number of rotatable bonds is 2. The lowest BCUT2D eigenvalue weighted by Gasteiger charge is -2.26. The van der Waals surface area contributed by atoms with Crippen molar-refractivity contribution in [3.8, 4) is 0 Å². The molecule has 88 valence electrons. The molecule has 1 fully saturated rings. The second-order valence-electron chi connectivity index (χ2n) is 4.56. The molecule has 0 aromatic carbocycles. The molecule has 1 amide bonds. The molecule has 0 saturated carbocycles. The third kappa shape index (κ3) is 2.17. The lowest BCUT2D eigenvalue weighted by Crippen LogP contribution is -2.38. The Labute approximate surface area is 104 Å². The number of amides is 1. The molecule has 1 aliphatic heterocycles. The van der Waals surface area contributed by atoms with Crippen LogP contribution in [0.15, 0.2) is 21.2 Å². The molecular formula is C12H16BrNO2. The van der Waals surface area contributed by atoms with E-state index in [-0.39, 0.29) is 5.91 Å². The molecule has 1 saturated heterocycles. The summed E-state index contributed by atoms with van der Waals surface area (Å²) in [6.45, 7) is 5.17. The molecule has 0 radical (unpaired) electrons. The van der Waals surface area contributed by atoms with Crippen LogP contribution in [0.1, 0.15) is 37.2 Å². The van der Waals surface area contributed by atoms with Crippen LogP contribution in [0.3, 0.4) is 0 Å². The second kappa shape index (κ2) is 4.62. The van der Waals surface area contributed by atoms with E-state index < -0.39 is 0 Å². The SMILES string of the molecule is CC(C)C1CCCN1C(=O)c1ccc(Br)o1. The van der Waals surface area contributed by atoms with Crippen molar-refractivity contribution in [3.05, 3.63) is 22.6 Å². The van der Waals surface area contributed by atoms with Crippen molar-refractivity contribution >= 4 is 21.8 Å². The second-order valence-corrected chi connectivity index (χ2v) is 5.34. The van der Waals surface area contributed by atoms with Crippen molar-refractivity contribution < 1.29 is 9.21 Å². The van der Waals surface area contributed by atoms with Crippen molar-refractivity contribution in [2.45, 2.75) is 32.7 Å². The van der Waals surface area contributed by atoms with Crippen molar-refractivity contribution in [2.75, 3.05) is 6.54 Å². The molecule has 0 N–H and O–H groups in total. The third-order valence-electron chi connectivity index (χ3n) is 3.11. The zero-order chi connectivity index (χ0) is 11.7. The average Bonchev–Trinajstić information content (AvgIpc) is 2.84. The van der Waals surface area contributed by atoms with Gasteiger partial charge >= 0.3 is 0 Å². The van der Waals surface area contributed by atoms with Gasteiger partial charge in [-0.3, -0.25) is 4.79 Å². The van der Waals surface area contributed by atoms with Crippen LogP contribution >= 0.6 is 15.9 Å². The van der Waals surface area contributed by atoms with Crippen molar-refractivity contribution in [1.29, 1.82) is 0 Å². The summed E-state index contributed by atoms with van der Waals surface area (Å²) < 4.78 is 5.92. The third-order valence-corrected chi connectivity index (χ3v) is 3.54. The molecule has 0 aliphatic carbocycles. The highest BCUT2D eigenvalue weighted by Gasteiger charge is 2.32. The highest BCUT2D eigenvalue weighted by atomic mass is 79.9. The van der Waals surface area contributed by atoms with Crippen LogP contribution in [-0.2, 0) is 0 Å². The molecular weight excluding hydrogens is 270 g/mol. The van der Waals surface area contributed by atoms with Crippen LogP contribution in [0.5, 0.6) is 0 Å². The molecule has 1 aromatic heterocycles. The van der Waals surface area contributed by atoms with Crippen molar-refractivity contribution in [1.82, 2.24) is 4.90 Å². The number of furan rings is 1. The van der Waals surface area contributed by atoms with Crippen molar-refractivity contribution in [3.63, 3.8) is 0 Å². The monoisotopic (exact) mass is 285 g/mol. The minimum Gasteiger partial charge on any atom is -0.444 e. The summed E-state index contributed by atoms with van der Waals surface area (Å²) in [5.74, 6) is 0.950. The van der Waals surface area contributed by atoms with Gasteiger partial charge in [0, 0.05) is 12.6 Å². The Bertz CT molecular complexity index is 386. The maximum absolute atomic E-state index is 12.2. The highest BCUT2D eigenvalue weighted by Crippen LogP contribution is 2.26. The van der Waals surface area contributed by atoms with Crippen LogP contribution in [0.25, 0.3) is 0 Å². The number of carbonyl (C=O) groups is 1. The fourth-order valence-corrected chi connectivity index (χ4v) is 2.62. The van der Waals surface area contributed by atoms with E-state index in [9.17, 15) is 4.79 Å². The van der Waals surface area contributed by atoms with E-state index in [2.05, 4.69) is 29.8 Å². The molecule has 2 heterocycles. The van der Waals surface area contributed by atoms with E-state index in [1.54, 1.807) is 12.1 Å². The molecule has 0 bridgehead atoms. The Morgan fingerprint density at radius 2 is 2.31 bits per heavy atom. The van der Waals surface area contributed by atoms with Crippen LogP contribution < -0.4 is 0 Å². The van der Waals surface area contributed by atoms with Gasteiger partial charge in [-0.1, -0.05) is 13.8 Å². The Morgan fingerprint density at radius 3 is 2.88 bits per heavy atom. The standard InChI is InChI=1S/C12H16BrNO2/c1-8(2)9-4-3-7-14(9)12(15)10-5-6-11(13)16-10/h5-6,8-9H,3-4,7H2,1-2H3. The summed E-state index contributed by atoms with van der Waals surface area (Å²) >= 11 is 3.22. The van der Waals surface area contributed by atoms with E-state index in [4.69, 9.17) is 4.42 Å². The number of hydrogen-bond donors (Lipinski definition) is 0. The highest BCUT2D eigenvalue weighted by molar-refractivity contribution is 9.10. The number of likely N-dealkylation sites (tertiary alicyclic amines) is 1. The fourth-order valence-electron chi connectivity index (χ4n) is 2.31. The lowest BCUT2D eigenvalue weighted by molar-refractivity contribution is 0.0668. The first kappa shape index (κ1) is 11.7. The van der Waals surface area contributed by atoms with E-state index in [0.717, 1.165) is 19.4 Å². The summed E-state index contributed by atoms with van der Waals surface area (Å²) in [4.78, 5) is 14.1. The van der Waals surface area contributed by atoms with Gasteiger partial charge < -0.3 is 9.32 Å². The molecule has 1 aromatic rings.